The van der Waals surface area contributed by atoms with E-state index in [-0.39, 0.29) is 5.56 Å². The smallest absolute Gasteiger partial charge is 0.267 e. The van der Waals surface area contributed by atoms with E-state index in [0.29, 0.717) is 40.0 Å². The number of hydrogen-bond donors (Lipinski definition) is 0. The first-order valence-corrected chi connectivity index (χ1v) is 11.7. The van der Waals surface area contributed by atoms with Gasteiger partial charge in [0.15, 0.2) is 11.4 Å². The number of ether oxygens (including phenoxy) is 1. The molecular formula is C28H25ClN4O2. The van der Waals surface area contributed by atoms with Gasteiger partial charge in [-0.15, -0.1) is 0 Å². The number of hydrogen-bond acceptors (Lipinski definition) is 4. The molecular weight excluding hydrogens is 460 g/mol. The minimum absolute atomic E-state index is 0.194. The summed E-state index contributed by atoms with van der Waals surface area (Å²) >= 11 is 6.23. The Morgan fingerprint density at radius 2 is 1.80 bits per heavy atom. The third-order valence-corrected chi connectivity index (χ3v) is 6.25. The first-order valence-electron chi connectivity index (χ1n) is 11.4. The molecule has 5 aromatic rings. The Morgan fingerprint density at radius 3 is 2.60 bits per heavy atom. The average Bonchev–Trinajstić information content (AvgIpc) is 3.20. The van der Waals surface area contributed by atoms with Crippen molar-refractivity contribution < 1.29 is 4.74 Å². The molecule has 0 N–H and O–H groups in total. The van der Waals surface area contributed by atoms with E-state index in [4.69, 9.17) is 26.4 Å². The molecule has 0 fully saturated rings. The number of fused-ring (bicyclic) bond motifs is 1. The predicted molar refractivity (Wildman–Crippen MR) is 139 cm³/mol. The van der Waals surface area contributed by atoms with Gasteiger partial charge in [0.2, 0.25) is 0 Å². The molecule has 0 aliphatic rings. The highest BCUT2D eigenvalue weighted by Crippen LogP contribution is 2.26. The number of rotatable bonds is 5. The van der Waals surface area contributed by atoms with E-state index in [1.807, 2.05) is 80.9 Å². The van der Waals surface area contributed by atoms with Crippen molar-refractivity contribution in [3.8, 4) is 22.7 Å². The highest BCUT2D eigenvalue weighted by atomic mass is 35.5. The zero-order valence-electron chi connectivity index (χ0n) is 20.0. The average molecular weight is 485 g/mol. The van der Waals surface area contributed by atoms with E-state index in [9.17, 15) is 4.79 Å². The molecule has 0 saturated carbocycles. The van der Waals surface area contributed by atoms with E-state index in [2.05, 4.69) is 6.07 Å². The number of aryl methyl sites for hydroxylation is 4. The first-order chi connectivity index (χ1) is 16.8. The number of nitrogens with zero attached hydrogens (tertiary/aromatic N) is 4. The van der Waals surface area contributed by atoms with Crippen LogP contribution in [0.1, 0.15) is 28.1 Å². The summed E-state index contributed by atoms with van der Waals surface area (Å²) in [5, 5.41) is 5.39. The maximum Gasteiger partial charge on any atom is 0.267 e. The van der Waals surface area contributed by atoms with Gasteiger partial charge in [0.25, 0.3) is 5.56 Å². The van der Waals surface area contributed by atoms with Crippen LogP contribution in [-0.4, -0.2) is 19.2 Å². The third kappa shape index (κ3) is 4.33. The van der Waals surface area contributed by atoms with Gasteiger partial charge in [-0.2, -0.15) is 5.10 Å². The molecule has 6 nitrogen and oxygen atoms in total. The summed E-state index contributed by atoms with van der Waals surface area (Å²) < 4.78 is 9.40. The molecule has 3 heterocycles. The van der Waals surface area contributed by atoms with Gasteiger partial charge >= 0.3 is 0 Å². The number of benzene rings is 2. The summed E-state index contributed by atoms with van der Waals surface area (Å²) in [6, 6.07) is 19.3. The van der Waals surface area contributed by atoms with Crippen molar-refractivity contribution >= 4 is 17.2 Å². The lowest BCUT2D eigenvalue weighted by molar-refractivity contribution is 0.307. The molecule has 5 rings (SSSR count). The van der Waals surface area contributed by atoms with Crippen LogP contribution in [0.4, 0.5) is 0 Å². The Hall–Kier alpha value is -3.90. The summed E-state index contributed by atoms with van der Waals surface area (Å²) in [5.41, 5.74) is 6.93. The lowest BCUT2D eigenvalue weighted by Crippen LogP contribution is -2.19. The Morgan fingerprint density at radius 1 is 0.971 bits per heavy atom. The molecule has 2 aromatic carbocycles. The summed E-state index contributed by atoms with van der Waals surface area (Å²) in [6.45, 7) is 8.22. The van der Waals surface area contributed by atoms with Crippen LogP contribution in [0.3, 0.4) is 0 Å². The zero-order chi connectivity index (χ0) is 24.7. The van der Waals surface area contributed by atoms with Gasteiger partial charge in [-0.1, -0.05) is 47.5 Å². The van der Waals surface area contributed by atoms with Crippen molar-refractivity contribution in [1.82, 2.24) is 19.2 Å². The summed E-state index contributed by atoms with van der Waals surface area (Å²) in [5.74, 6) is 0.553. The monoisotopic (exact) mass is 484 g/mol. The summed E-state index contributed by atoms with van der Waals surface area (Å²) in [7, 11) is 0. The first kappa shape index (κ1) is 22.9. The van der Waals surface area contributed by atoms with Gasteiger partial charge in [0.1, 0.15) is 12.3 Å². The maximum atomic E-state index is 13.6. The van der Waals surface area contributed by atoms with Crippen molar-refractivity contribution in [2.75, 3.05) is 0 Å². The van der Waals surface area contributed by atoms with Gasteiger partial charge in [0.05, 0.1) is 16.9 Å². The van der Waals surface area contributed by atoms with Crippen LogP contribution >= 0.6 is 11.6 Å². The molecule has 0 spiro atoms. The minimum atomic E-state index is -0.194. The molecule has 0 aliphatic carbocycles. The van der Waals surface area contributed by atoms with Crippen molar-refractivity contribution in [3.63, 3.8) is 0 Å². The second kappa shape index (κ2) is 9.04. The Bertz CT molecular complexity index is 1630. The molecule has 0 amide bonds. The molecule has 0 atom stereocenters. The minimum Gasteiger partial charge on any atom is -0.485 e. The van der Waals surface area contributed by atoms with Gasteiger partial charge in [0, 0.05) is 16.9 Å². The quantitative estimate of drug-likeness (QED) is 0.306. The molecule has 3 aromatic heterocycles. The summed E-state index contributed by atoms with van der Waals surface area (Å²) in [6.07, 6.45) is 1.71. The lowest BCUT2D eigenvalue weighted by Gasteiger charge is -2.12. The van der Waals surface area contributed by atoms with E-state index < -0.39 is 0 Å². The Balaban J connectivity index is 1.57. The van der Waals surface area contributed by atoms with Gasteiger partial charge in [-0.25, -0.2) is 9.67 Å². The largest absolute Gasteiger partial charge is 0.485 e. The molecule has 0 unspecified atom stereocenters. The maximum absolute atomic E-state index is 13.6. The normalized spacial score (nSPS) is 11.2. The fourth-order valence-corrected chi connectivity index (χ4v) is 4.43. The summed E-state index contributed by atoms with van der Waals surface area (Å²) in [4.78, 5) is 18.3. The molecule has 35 heavy (non-hydrogen) atoms. The molecule has 176 valence electrons. The van der Waals surface area contributed by atoms with Crippen LogP contribution < -0.4 is 10.3 Å². The SMILES string of the molecule is Cc1cccc(COc2cccn3c(=O)c(-c4cc(C)n(-c5cc(Cl)ccc5C)n4)c(C)nc23)c1. The van der Waals surface area contributed by atoms with E-state index >= 15 is 0 Å². The Labute approximate surface area is 208 Å². The molecule has 7 heteroatoms. The van der Waals surface area contributed by atoms with E-state index in [1.54, 1.807) is 12.3 Å². The second-order valence-corrected chi connectivity index (χ2v) is 9.17. The van der Waals surface area contributed by atoms with Crippen LogP contribution in [0.5, 0.6) is 5.75 Å². The van der Waals surface area contributed by atoms with Crippen molar-refractivity contribution in [2.24, 2.45) is 0 Å². The van der Waals surface area contributed by atoms with Crippen molar-refractivity contribution in [2.45, 2.75) is 34.3 Å². The predicted octanol–water partition coefficient (Wildman–Crippen LogP) is 6.01. The molecule has 0 bridgehead atoms. The number of halogens is 1. The topological polar surface area (TPSA) is 61.4 Å². The van der Waals surface area contributed by atoms with Gasteiger partial charge in [-0.05, 0) is 69.2 Å². The van der Waals surface area contributed by atoms with Gasteiger partial charge in [-0.3, -0.25) is 9.20 Å². The molecule has 0 radical (unpaired) electrons. The van der Waals surface area contributed by atoms with Crippen molar-refractivity contribution in [3.05, 3.63) is 110 Å². The van der Waals surface area contributed by atoms with Crippen LogP contribution in [0.15, 0.2) is 71.7 Å². The van der Waals surface area contributed by atoms with Crippen LogP contribution in [0, 0.1) is 27.7 Å². The standard InChI is InChI=1S/C28H25ClN4O2/c1-17-7-5-8-21(13-17)16-35-25-9-6-12-32-27(25)30-20(4)26(28(32)34)23-14-19(3)33(31-23)24-15-22(29)11-10-18(24)2/h5-15H,16H2,1-4H3. The van der Waals surface area contributed by atoms with Crippen LogP contribution in [0.25, 0.3) is 22.6 Å². The third-order valence-electron chi connectivity index (χ3n) is 6.02. The fourth-order valence-electron chi connectivity index (χ4n) is 4.26. The molecule has 0 saturated heterocycles. The lowest BCUT2D eigenvalue weighted by atomic mass is 10.1. The van der Waals surface area contributed by atoms with Crippen LogP contribution in [-0.2, 0) is 6.61 Å². The van der Waals surface area contributed by atoms with E-state index in [0.717, 1.165) is 22.5 Å². The number of pyridine rings is 1. The number of aromatic nitrogens is 4. The second-order valence-electron chi connectivity index (χ2n) is 8.73. The molecule has 0 aliphatic heterocycles. The zero-order valence-corrected chi connectivity index (χ0v) is 20.8. The van der Waals surface area contributed by atoms with Crippen molar-refractivity contribution in [1.29, 1.82) is 0 Å². The highest BCUT2D eigenvalue weighted by molar-refractivity contribution is 6.30. The fraction of sp³-hybridized carbons (Fsp3) is 0.179. The van der Waals surface area contributed by atoms with Gasteiger partial charge < -0.3 is 4.74 Å². The van der Waals surface area contributed by atoms with E-state index in [1.165, 1.54) is 9.96 Å². The Kier molecular flexibility index (Phi) is 5.91. The highest BCUT2D eigenvalue weighted by Gasteiger charge is 2.19. The van der Waals surface area contributed by atoms with Crippen LogP contribution in [0.2, 0.25) is 5.02 Å².